The van der Waals surface area contributed by atoms with E-state index in [2.05, 4.69) is 34.9 Å². The molecule has 3 N–H and O–H groups in total. The van der Waals surface area contributed by atoms with E-state index in [4.69, 9.17) is 9.84 Å². The summed E-state index contributed by atoms with van der Waals surface area (Å²) in [5.74, 6) is -1.56. The van der Waals surface area contributed by atoms with Crippen LogP contribution < -0.4 is 10.6 Å². The monoisotopic (exact) mass is 424 g/mol. The number of carbonyl (C=O) groups is 3. The second-order valence-electron chi connectivity index (χ2n) is 7.81. The zero-order valence-electron chi connectivity index (χ0n) is 17.8. The maximum Gasteiger partial charge on any atom is 0.407 e. The van der Waals surface area contributed by atoms with Gasteiger partial charge in [-0.05, 0) is 35.1 Å². The smallest absolute Gasteiger partial charge is 0.407 e. The molecule has 0 fully saturated rings. The van der Waals surface area contributed by atoms with Gasteiger partial charge in [0.25, 0.3) is 0 Å². The number of hydrogen-bond acceptors (Lipinski definition) is 4. The number of carbonyl (C=O) groups excluding carboxylic acids is 2. The van der Waals surface area contributed by atoms with Gasteiger partial charge in [0.05, 0.1) is 0 Å². The standard InChI is InChI=1S/C24H28N2O5/c1-3-16(12-22(27)26-15(2)23(28)29)13-25-24(30)31-14-21-19-10-6-4-8-17(19)18-9-5-7-11-20(18)21/h4-11,15-16,21H,3,12-14H2,1-2H3,(H,25,30)(H,26,27)(H,28,29)/t15-,16?/m1/s1. The van der Waals surface area contributed by atoms with E-state index in [1.165, 1.54) is 18.1 Å². The second-order valence-corrected chi connectivity index (χ2v) is 7.81. The molecule has 2 amide bonds. The van der Waals surface area contributed by atoms with Gasteiger partial charge in [-0.2, -0.15) is 0 Å². The minimum absolute atomic E-state index is 0.0107. The third kappa shape index (κ3) is 5.42. The fraction of sp³-hybridized carbons (Fsp3) is 0.375. The van der Waals surface area contributed by atoms with Crippen LogP contribution in [0.5, 0.6) is 0 Å². The van der Waals surface area contributed by atoms with Crippen molar-refractivity contribution in [1.29, 1.82) is 0 Å². The van der Waals surface area contributed by atoms with Crippen molar-refractivity contribution in [3.8, 4) is 11.1 Å². The van der Waals surface area contributed by atoms with Crippen molar-refractivity contribution in [2.75, 3.05) is 13.2 Å². The van der Waals surface area contributed by atoms with E-state index in [0.717, 1.165) is 11.1 Å². The summed E-state index contributed by atoms with van der Waals surface area (Å²) in [5, 5.41) is 14.0. The van der Waals surface area contributed by atoms with Crippen molar-refractivity contribution >= 4 is 18.0 Å². The van der Waals surface area contributed by atoms with Crippen molar-refractivity contribution in [3.63, 3.8) is 0 Å². The molecule has 0 bridgehead atoms. The molecule has 2 aromatic rings. The van der Waals surface area contributed by atoms with Gasteiger partial charge in [0.1, 0.15) is 12.6 Å². The molecule has 7 heteroatoms. The lowest BCUT2D eigenvalue weighted by Gasteiger charge is -2.18. The number of carboxylic acid groups (broad SMARTS) is 1. The van der Waals surface area contributed by atoms with Crippen LogP contribution in [0.1, 0.15) is 43.7 Å². The summed E-state index contributed by atoms with van der Waals surface area (Å²) in [7, 11) is 0. The SMILES string of the molecule is CCC(CNC(=O)OCC1c2ccccc2-c2ccccc21)CC(=O)N[C@H](C)C(=O)O. The zero-order valence-corrected chi connectivity index (χ0v) is 17.8. The molecule has 2 aromatic carbocycles. The normalized spacial score (nSPS) is 14.1. The Morgan fingerprint density at radius 3 is 2.16 bits per heavy atom. The van der Waals surface area contributed by atoms with Gasteiger partial charge in [-0.25, -0.2) is 4.79 Å². The summed E-state index contributed by atoms with van der Waals surface area (Å²) in [5.41, 5.74) is 4.62. The maximum atomic E-state index is 12.3. The lowest BCUT2D eigenvalue weighted by Crippen LogP contribution is -2.40. The second kappa shape index (κ2) is 10.1. The van der Waals surface area contributed by atoms with Crippen LogP contribution in [0, 0.1) is 5.92 Å². The van der Waals surface area contributed by atoms with Gasteiger partial charge in [-0.3, -0.25) is 9.59 Å². The van der Waals surface area contributed by atoms with E-state index in [-0.39, 0.29) is 37.3 Å². The predicted molar refractivity (Wildman–Crippen MR) is 117 cm³/mol. The molecule has 0 aromatic heterocycles. The first-order valence-electron chi connectivity index (χ1n) is 10.5. The van der Waals surface area contributed by atoms with Crippen LogP contribution in [0.25, 0.3) is 11.1 Å². The van der Waals surface area contributed by atoms with Crippen LogP contribution in [0.2, 0.25) is 0 Å². The van der Waals surface area contributed by atoms with E-state index < -0.39 is 18.1 Å². The fourth-order valence-corrected chi connectivity index (χ4v) is 3.86. The Labute approximate surface area is 181 Å². The van der Waals surface area contributed by atoms with Crippen LogP contribution >= 0.6 is 0 Å². The van der Waals surface area contributed by atoms with E-state index >= 15 is 0 Å². The van der Waals surface area contributed by atoms with Crippen molar-refractivity contribution < 1.29 is 24.2 Å². The molecule has 1 aliphatic rings. The molecular weight excluding hydrogens is 396 g/mol. The first kappa shape index (κ1) is 22.3. The van der Waals surface area contributed by atoms with Crippen LogP contribution in [0.4, 0.5) is 4.79 Å². The predicted octanol–water partition coefficient (Wildman–Crippen LogP) is 3.53. The Bertz CT molecular complexity index is 913. The zero-order chi connectivity index (χ0) is 22.4. The molecule has 1 unspecified atom stereocenters. The van der Waals surface area contributed by atoms with E-state index in [9.17, 15) is 14.4 Å². The van der Waals surface area contributed by atoms with Gasteiger partial charge in [0.15, 0.2) is 0 Å². The van der Waals surface area contributed by atoms with Crippen molar-refractivity contribution in [3.05, 3.63) is 59.7 Å². The number of aliphatic carboxylic acids is 1. The Morgan fingerprint density at radius 1 is 1.03 bits per heavy atom. The van der Waals surface area contributed by atoms with Crippen LogP contribution in [-0.4, -0.2) is 42.3 Å². The van der Waals surface area contributed by atoms with E-state index in [1.807, 2.05) is 31.2 Å². The number of benzene rings is 2. The molecule has 1 aliphatic carbocycles. The van der Waals surface area contributed by atoms with Gasteiger partial charge < -0.3 is 20.5 Å². The van der Waals surface area contributed by atoms with E-state index in [1.54, 1.807) is 0 Å². The highest BCUT2D eigenvalue weighted by Gasteiger charge is 2.29. The lowest BCUT2D eigenvalue weighted by molar-refractivity contribution is -0.141. The highest BCUT2D eigenvalue weighted by Crippen LogP contribution is 2.44. The molecule has 0 radical (unpaired) electrons. The third-order valence-electron chi connectivity index (χ3n) is 5.68. The highest BCUT2D eigenvalue weighted by atomic mass is 16.5. The fourth-order valence-electron chi connectivity index (χ4n) is 3.86. The van der Waals surface area contributed by atoms with Gasteiger partial charge >= 0.3 is 12.1 Å². The number of hydrogen-bond donors (Lipinski definition) is 3. The largest absolute Gasteiger partial charge is 0.480 e. The molecular formula is C24H28N2O5. The summed E-state index contributed by atoms with van der Waals surface area (Å²) in [6, 6.07) is 15.3. The Balaban J connectivity index is 1.51. The molecule has 31 heavy (non-hydrogen) atoms. The molecule has 0 heterocycles. The first-order chi connectivity index (χ1) is 14.9. The number of alkyl carbamates (subject to hydrolysis) is 1. The summed E-state index contributed by atoms with van der Waals surface area (Å²) in [6.45, 7) is 3.84. The Morgan fingerprint density at radius 2 is 1.61 bits per heavy atom. The minimum atomic E-state index is -1.09. The van der Waals surface area contributed by atoms with Gasteiger partial charge in [-0.1, -0.05) is 61.9 Å². The summed E-state index contributed by atoms with van der Waals surface area (Å²) < 4.78 is 5.51. The molecule has 164 valence electrons. The molecule has 0 aliphatic heterocycles. The molecule has 2 atom stereocenters. The van der Waals surface area contributed by atoms with Crippen molar-refractivity contribution in [1.82, 2.24) is 10.6 Å². The topological polar surface area (TPSA) is 105 Å². The average Bonchev–Trinajstić information content (AvgIpc) is 3.08. The maximum absolute atomic E-state index is 12.3. The molecule has 3 rings (SSSR count). The summed E-state index contributed by atoms with van der Waals surface area (Å²) >= 11 is 0. The van der Waals surface area contributed by atoms with Crippen LogP contribution in [0.15, 0.2) is 48.5 Å². The van der Waals surface area contributed by atoms with Crippen LogP contribution in [0.3, 0.4) is 0 Å². The minimum Gasteiger partial charge on any atom is -0.480 e. The molecule has 0 saturated heterocycles. The van der Waals surface area contributed by atoms with Crippen LogP contribution in [-0.2, 0) is 14.3 Å². The lowest BCUT2D eigenvalue weighted by atomic mass is 9.98. The van der Waals surface area contributed by atoms with Crippen molar-refractivity contribution in [2.24, 2.45) is 5.92 Å². The van der Waals surface area contributed by atoms with Gasteiger partial charge in [0, 0.05) is 18.9 Å². The highest BCUT2D eigenvalue weighted by molar-refractivity contribution is 5.83. The summed E-state index contributed by atoms with van der Waals surface area (Å²) in [6.07, 6.45) is 0.274. The summed E-state index contributed by atoms with van der Waals surface area (Å²) in [4.78, 5) is 35.1. The average molecular weight is 424 g/mol. The Hall–Kier alpha value is -3.35. The quantitative estimate of drug-likeness (QED) is 0.571. The van der Waals surface area contributed by atoms with Gasteiger partial charge in [-0.15, -0.1) is 0 Å². The molecule has 0 saturated carbocycles. The molecule has 7 nitrogen and oxygen atoms in total. The van der Waals surface area contributed by atoms with Crippen molar-refractivity contribution in [2.45, 2.75) is 38.6 Å². The number of amides is 2. The van der Waals surface area contributed by atoms with E-state index in [0.29, 0.717) is 6.42 Å². The Kier molecular flexibility index (Phi) is 7.28. The number of carboxylic acids is 1. The molecule has 0 spiro atoms. The number of ether oxygens (including phenoxy) is 1. The number of nitrogens with one attached hydrogen (secondary N) is 2. The number of rotatable bonds is 9. The van der Waals surface area contributed by atoms with Gasteiger partial charge in [0.2, 0.25) is 5.91 Å². The number of fused-ring (bicyclic) bond motifs is 3. The third-order valence-corrected chi connectivity index (χ3v) is 5.68. The first-order valence-corrected chi connectivity index (χ1v) is 10.5.